The summed E-state index contributed by atoms with van der Waals surface area (Å²) in [6, 6.07) is 9.93. The molecule has 1 aliphatic rings. The Morgan fingerprint density at radius 2 is 2.10 bits per heavy atom. The van der Waals surface area contributed by atoms with E-state index in [4.69, 9.17) is 0 Å². The highest BCUT2D eigenvalue weighted by atomic mass is 16.4. The number of carboxylic acid groups (broad SMARTS) is 1. The lowest BCUT2D eigenvalue weighted by Crippen LogP contribution is -2.43. The Bertz CT molecular complexity index is 504. The van der Waals surface area contributed by atoms with Gasteiger partial charge in [0, 0.05) is 13.0 Å². The fourth-order valence-electron chi connectivity index (χ4n) is 2.62. The van der Waals surface area contributed by atoms with Crippen LogP contribution in [0.25, 0.3) is 0 Å². The second-order valence-corrected chi connectivity index (χ2v) is 5.30. The summed E-state index contributed by atoms with van der Waals surface area (Å²) in [5, 5.41) is 15.4. The lowest BCUT2D eigenvalue weighted by Gasteiger charge is -2.24. The van der Waals surface area contributed by atoms with Gasteiger partial charge in [-0.25, -0.2) is 5.53 Å². The number of rotatable bonds is 7. The highest BCUT2D eigenvalue weighted by Crippen LogP contribution is 2.24. The highest BCUT2D eigenvalue weighted by molar-refractivity contribution is 5.89. The minimum absolute atomic E-state index is 0.178. The van der Waals surface area contributed by atoms with Crippen LogP contribution in [-0.2, 0) is 11.2 Å². The van der Waals surface area contributed by atoms with Crippen LogP contribution in [0.3, 0.4) is 0 Å². The summed E-state index contributed by atoms with van der Waals surface area (Å²) in [4.78, 5) is 11.6. The summed E-state index contributed by atoms with van der Waals surface area (Å²) in [6.07, 6.45) is 2.12. The van der Waals surface area contributed by atoms with Crippen LogP contribution in [0, 0.1) is 11.8 Å². The van der Waals surface area contributed by atoms with E-state index in [2.05, 4.69) is 16.1 Å². The van der Waals surface area contributed by atoms with Gasteiger partial charge in [-0.1, -0.05) is 43.7 Å². The number of hydrogen-bond acceptors (Lipinski definition) is 5. The molecule has 6 nitrogen and oxygen atoms in total. The molecule has 2 unspecified atom stereocenters. The van der Waals surface area contributed by atoms with Crippen molar-refractivity contribution in [3.05, 3.63) is 35.9 Å². The van der Waals surface area contributed by atoms with Crippen molar-refractivity contribution < 1.29 is 9.90 Å². The van der Waals surface area contributed by atoms with Gasteiger partial charge in [-0.3, -0.25) is 10.2 Å². The zero-order chi connectivity index (χ0) is 15.2. The molecule has 0 saturated carbocycles. The average molecular weight is 290 g/mol. The predicted octanol–water partition coefficient (Wildman–Crippen LogP) is 1.61. The van der Waals surface area contributed by atoms with E-state index in [0.29, 0.717) is 18.7 Å². The number of benzene rings is 1. The summed E-state index contributed by atoms with van der Waals surface area (Å²) in [5.41, 5.74) is 6.98. The molecule has 6 heteroatoms. The maximum atomic E-state index is 11.6. The molecule has 0 radical (unpaired) electrons. The molecule has 2 atom stereocenters. The van der Waals surface area contributed by atoms with Gasteiger partial charge in [0.05, 0.1) is 5.92 Å². The normalized spacial score (nSPS) is 17.5. The fourth-order valence-corrected chi connectivity index (χ4v) is 2.62. The molecule has 21 heavy (non-hydrogen) atoms. The quantitative estimate of drug-likeness (QED) is 0.711. The second kappa shape index (κ2) is 7.08. The first-order valence-electron chi connectivity index (χ1n) is 7.22. The summed E-state index contributed by atoms with van der Waals surface area (Å²) < 4.78 is 0. The Morgan fingerprint density at radius 1 is 1.38 bits per heavy atom. The average Bonchev–Trinajstić information content (AvgIpc) is 2.90. The van der Waals surface area contributed by atoms with E-state index in [0.717, 1.165) is 12.0 Å². The number of amidine groups is 1. The van der Waals surface area contributed by atoms with Crippen molar-refractivity contribution in [1.82, 2.24) is 16.1 Å². The van der Waals surface area contributed by atoms with Gasteiger partial charge in [0.25, 0.3) is 0 Å². The largest absolute Gasteiger partial charge is 0.481 e. The molecule has 2 rings (SSSR count). The van der Waals surface area contributed by atoms with Crippen molar-refractivity contribution in [2.24, 2.45) is 16.9 Å². The molecule has 1 aromatic rings. The van der Waals surface area contributed by atoms with E-state index >= 15 is 0 Å². The molecule has 0 amide bonds. The number of nitrogens with one attached hydrogen (secondary N) is 2. The molecule has 3 N–H and O–H groups in total. The fraction of sp³-hybridized carbons (Fsp3) is 0.467. The third-order valence-electron chi connectivity index (χ3n) is 3.65. The van der Waals surface area contributed by atoms with Gasteiger partial charge in [0.2, 0.25) is 0 Å². The smallest absolute Gasteiger partial charge is 0.307 e. The summed E-state index contributed by atoms with van der Waals surface area (Å²) in [7, 11) is 1.80. The Labute approximate surface area is 124 Å². The van der Waals surface area contributed by atoms with Gasteiger partial charge in [-0.15, -0.1) is 10.2 Å². The van der Waals surface area contributed by atoms with Crippen molar-refractivity contribution in [2.75, 3.05) is 7.05 Å². The molecule has 1 aromatic carbocycles. The Morgan fingerprint density at radius 3 is 2.62 bits per heavy atom. The number of aliphatic carboxylic acids is 1. The van der Waals surface area contributed by atoms with E-state index in [1.54, 1.807) is 12.2 Å². The molecule has 0 spiro atoms. The minimum atomic E-state index is -0.767. The second-order valence-electron chi connectivity index (χ2n) is 5.30. The Balaban J connectivity index is 2.23. The molecule has 0 aromatic heterocycles. The van der Waals surface area contributed by atoms with Crippen molar-refractivity contribution in [3.63, 3.8) is 0 Å². The number of hydrazine groups is 2. The van der Waals surface area contributed by atoms with Crippen LogP contribution < -0.4 is 11.0 Å². The standard InChI is InChI=1S/C15H22N4O2/c1-3-7-12(15(20)21)13(14-16-18-19(2)17-14)10-11-8-5-4-6-9-11/h4-6,8-9,12-13,18H,3,7,10H2,1-2H3,(H,16,17)(H,20,21). The van der Waals surface area contributed by atoms with Gasteiger partial charge in [0.15, 0.2) is 0 Å². The monoisotopic (exact) mass is 290 g/mol. The van der Waals surface area contributed by atoms with Crippen LogP contribution in [-0.4, -0.2) is 29.1 Å². The van der Waals surface area contributed by atoms with Crippen molar-refractivity contribution in [2.45, 2.75) is 26.2 Å². The van der Waals surface area contributed by atoms with E-state index in [1.807, 2.05) is 37.3 Å². The number of hydrogen-bond donors (Lipinski definition) is 3. The van der Waals surface area contributed by atoms with E-state index in [1.165, 1.54) is 0 Å². The molecule has 0 aliphatic carbocycles. The Kier molecular flexibility index (Phi) is 5.16. The van der Waals surface area contributed by atoms with Crippen LogP contribution in [0.4, 0.5) is 0 Å². The molecular formula is C15H22N4O2. The summed E-state index contributed by atoms with van der Waals surface area (Å²) >= 11 is 0. The third-order valence-corrected chi connectivity index (χ3v) is 3.65. The first kappa shape index (κ1) is 15.3. The lowest BCUT2D eigenvalue weighted by atomic mass is 9.83. The third kappa shape index (κ3) is 3.95. The molecule has 1 aliphatic heterocycles. The zero-order valence-electron chi connectivity index (χ0n) is 12.4. The van der Waals surface area contributed by atoms with E-state index in [-0.39, 0.29) is 5.92 Å². The van der Waals surface area contributed by atoms with Gasteiger partial charge < -0.3 is 5.11 Å². The van der Waals surface area contributed by atoms with Crippen LogP contribution in [0.1, 0.15) is 25.3 Å². The van der Waals surface area contributed by atoms with Crippen molar-refractivity contribution in [1.29, 1.82) is 0 Å². The van der Waals surface area contributed by atoms with Crippen molar-refractivity contribution >= 4 is 11.8 Å². The maximum Gasteiger partial charge on any atom is 0.307 e. The number of nitrogens with zero attached hydrogens (tertiary/aromatic N) is 2. The molecule has 0 fully saturated rings. The SMILES string of the molecule is CCCC(C(=O)O)C(Cc1ccccc1)C1=NNN(C)N1. The van der Waals surface area contributed by atoms with Crippen LogP contribution in [0.2, 0.25) is 0 Å². The molecular weight excluding hydrogens is 268 g/mol. The molecule has 114 valence electrons. The summed E-state index contributed by atoms with van der Waals surface area (Å²) in [5.74, 6) is -0.712. The van der Waals surface area contributed by atoms with Gasteiger partial charge in [0.1, 0.15) is 5.84 Å². The van der Waals surface area contributed by atoms with E-state index in [9.17, 15) is 9.90 Å². The first-order valence-corrected chi connectivity index (χ1v) is 7.22. The van der Waals surface area contributed by atoms with Crippen molar-refractivity contribution in [3.8, 4) is 0 Å². The Hall–Kier alpha value is -2.08. The topological polar surface area (TPSA) is 77.0 Å². The van der Waals surface area contributed by atoms with Crippen LogP contribution in [0.15, 0.2) is 35.4 Å². The van der Waals surface area contributed by atoms with Gasteiger partial charge in [-0.2, -0.15) is 0 Å². The summed E-state index contributed by atoms with van der Waals surface area (Å²) in [6.45, 7) is 2.00. The predicted molar refractivity (Wildman–Crippen MR) is 81.1 cm³/mol. The van der Waals surface area contributed by atoms with Gasteiger partial charge in [-0.05, 0) is 18.4 Å². The minimum Gasteiger partial charge on any atom is -0.481 e. The zero-order valence-corrected chi connectivity index (χ0v) is 12.4. The number of carboxylic acids is 1. The molecule has 0 bridgehead atoms. The highest BCUT2D eigenvalue weighted by Gasteiger charge is 2.33. The number of hydrazone groups is 1. The van der Waals surface area contributed by atoms with Gasteiger partial charge >= 0.3 is 5.97 Å². The maximum absolute atomic E-state index is 11.6. The van der Waals surface area contributed by atoms with Crippen LogP contribution >= 0.6 is 0 Å². The first-order chi connectivity index (χ1) is 10.1. The molecule has 1 heterocycles. The van der Waals surface area contributed by atoms with Crippen LogP contribution in [0.5, 0.6) is 0 Å². The number of carbonyl (C=O) groups is 1. The molecule has 0 saturated heterocycles. The lowest BCUT2D eigenvalue weighted by molar-refractivity contribution is -0.143. The van der Waals surface area contributed by atoms with E-state index < -0.39 is 11.9 Å².